The van der Waals surface area contributed by atoms with Crippen molar-refractivity contribution in [1.82, 2.24) is 10.6 Å². The molecule has 0 aromatic rings. The predicted molar refractivity (Wildman–Crippen MR) is 70.9 cm³/mol. The van der Waals surface area contributed by atoms with Crippen LogP contribution in [-0.2, 0) is 4.79 Å². The molecule has 1 aliphatic carbocycles. The summed E-state index contributed by atoms with van der Waals surface area (Å²) in [5, 5.41) is 6.16. The molecule has 0 aliphatic heterocycles. The first-order valence-corrected chi connectivity index (χ1v) is 7.71. The van der Waals surface area contributed by atoms with Crippen LogP contribution >= 0.6 is 11.8 Å². The summed E-state index contributed by atoms with van der Waals surface area (Å²) in [7, 11) is 0. The molecule has 0 aromatic carbocycles. The number of carbonyl (C=O) groups excluding carboxylic acids is 1. The summed E-state index contributed by atoms with van der Waals surface area (Å²) < 4.78 is 0. The van der Waals surface area contributed by atoms with Crippen LogP contribution in [0.4, 0.5) is 0 Å². The molecule has 2 N–H and O–H groups in total. The van der Waals surface area contributed by atoms with Crippen molar-refractivity contribution in [3.05, 3.63) is 0 Å². The van der Waals surface area contributed by atoms with Crippen molar-refractivity contribution in [3.8, 4) is 0 Å². The maximum Gasteiger partial charge on any atom is 0.234 e. The molecule has 0 spiro atoms. The van der Waals surface area contributed by atoms with Crippen molar-refractivity contribution in [1.29, 1.82) is 0 Å². The summed E-state index contributed by atoms with van der Waals surface area (Å²) in [6.07, 6.45) is 9.59. The molecule has 3 nitrogen and oxygen atoms in total. The van der Waals surface area contributed by atoms with Gasteiger partial charge in [-0.05, 0) is 44.2 Å². The van der Waals surface area contributed by atoms with Crippen molar-refractivity contribution in [2.45, 2.75) is 44.6 Å². The summed E-state index contributed by atoms with van der Waals surface area (Å²) >= 11 is 1.92. The first-order valence-electron chi connectivity index (χ1n) is 6.32. The number of amides is 1. The predicted octanol–water partition coefficient (Wildman–Crippen LogP) is 1.78. The van der Waals surface area contributed by atoms with E-state index in [1.165, 1.54) is 44.3 Å². The highest BCUT2D eigenvalue weighted by atomic mass is 32.2. The molecule has 0 saturated heterocycles. The molecule has 0 bridgehead atoms. The van der Waals surface area contributed by atoms with Crippen LogP contribution in [0.1, 0.15) is 38.5 Å². The summed E-state index contributed by atoms with van der Waals surface area (Å²) in [5.74, 6) is 1.43. The van der Waals surface area contributed by atoms with E-state index in [0.29, 0.717) is 12.6 Å². The summed E-state index contributed by atoms with van der Waals surface area (Å²) in [4.78, 5) is 11.3. The van der Waals surface area contributed by atoms with Crippen LogP contribution in [-0.4, -0.2) is 37.0 Å². The molecule has 1 aliphatic rings. The fourth-order valence-corrected chi connectivity index (χ4v) is 2.05. The van der Waals surface area contributed by atoms with E-state index >= 15 is 0 Å². The van der Waals surface area contributed by atoms with Crippen LogP contribution in [0.2, 0.25) is 0 Å². The molecule has 0 radical (unpaired) electrons. The molecule has 1 amide bonds. The van der Waals surface area contributed by atoms with Gasteiger partial charge in [0.2, 0.25) is 5.91 Å². The summed E-state index contributed by atoms with van der Waals surface area (Å²) in [6, 6.07) is 0.487. The Morgan fingerprint density at radius 1 is 1.25 bits per heavy atom. The van der Waals surface area contributed by atoms with Gasteiger partial charge in [0.1, 0.15) is 0 Å². The van der Waals surface area contributed by atoms with Gasteiger partial charge >= 0.3 is 0 Å². The lowest BCUT2D eigenvalue weighted by Crippen LogP contribution is -2.35. The number of thioether (sulfide) groups is 1. The van der Waals surface area contributed by atoms with Crippen molar-refractivity contribution in [2.75, 3.05) is 25.1 Å². The maximum absolute atomic E-state index is 11.3. The third-order valence-electron chi connectivity index (χ3n) is 2.68. The fraction of sp³-hybridized carbons (Fsp3) is 0.917. The van der Waals surface area contributed by atoms with Gasteiger partial charge in [0.05, 0.1) is 6.54 Å². The van der Waals surface area contributed by atoms with Gasteiger partial charge in [-0.25, -0.2) is 0 Å². The molecule has 0 aromatic heterocycles. The number of nitrogens with one attached hydrogen (secondary N) is 2. The van der Waals surface area contributed by atoms with Gasteiger partial charge in [-0.3, -0.25) is 4.79 Å². The summed E-state index contributed by atoms with van der Waals surface area (Å²) in [6.45, 7) is 1.46. The average Bonchev–Trinajstić information content (AvgIpc) is 3.06. The van der Waals surface area contributed by atoms with E-state index < -0.39 is 0 Å². The molecule has 94 valence electrons. The smallest absolute Gasteiger partial charge is 0.234 e. The summed E-state index contributed by atoms with van der Waals surface area (Å²) in [5.41, 5.74) is 0. The van der Waals surface area contributed by atoms with Crippen LogP contribution in [0, 0.1) is 0 Å². The quantitative estimate of drug-likeness (QED) is 0.576. The first-order chi connectivity index (χ1) is 7.83. The minimum Gasteiger partial charge on any atom is -0.352 e. The Morgan fingerprint density at radius 3 is 2.69 bits per heavy atom. The van der Waals surface area contributed by atoms with E-state index in [1.54, 1.807) is 0 Å². The van der Waals surface area contributed by atoms with Crippen LogP contribution < -0.4 is 10.6 Å². The third kappa shape index (κ3) is 7.99. The highest BCUT2D eigenvalue weighted by Gasteiger charge is 2.22. The largest absolute Gasteiger partial charge is 0.352 e. The minimum absolute atomic E-state index is 0.157. The number of rotatable bonds is 10. The molecule has 1 fully saturated rings. The Hall–Kier alpha value is -0.220. The molecule has 0 unspecified atom stereocenters. The van der Waals surface area contributed by atoms with E-state index in [0.717, 1.165) is 6.54 Å². The number of hydrogen-bond donors (Lipinski definition) is 2. The van der Waals surface area contributed by atoms with Crippen molar-refractivity contribution in [3.63, 3.8) is 0 Å². The minimum atomic E-state index is 0.157. The lowest BCUT2D eigenvalue weighted by atomic mass is 10.2. The van der Waals surface area contributed by atoms with E-state index in [2.05, 4.69) is 16.9 Å². The SMILES string of the molecule is CSCCCCCCNCC(=O)NC1CC1. The zero-order valence-corrected chi connectivity index (χ0v) is 11.1. The Bertz CT molecular complexity index is 195. The molecule has 4 heteroatoms. The lowest BCUT2D eigenvalue weighted by Gasteiger charge is -2.05. The molecular formula is C12H24N2OS. The van der Waals surface area contributed by atoms with E-state index in [9.17, 15) is 4.79 Å². The Labute approximate surface area is 103 Å². The van der Waals surface area contributed by atoms with Gasteiger partial charge in [-0.2, -0.15) is 11.8 Å². The normalized spacial score (nSPS) is 15.1. The maximum atomic E-state index is 11.3. The number of unbranched alkanes of at least 4 members (excludes halogenated alkanes) is 3. The van der Waals surface area contributed by atoms with Gasteiger partial charge < -0.3 is 10.6 Å². The van der Waals surface area contributed by atoms with E-state index in [1.807, 2.05) is 11.8 Å². The Morgan fingerprint density at radius 2 is 2.00 bits per heavy atom. The van der Waals surface area contributed by atoms with Gasteiger partial charge in [0.15, 0.2) is 0 Å². The second-order valence-electron chi connectivity index (χ2n) is 4.43. The van der Waals surface area contributed by atoms with Crippen molar-refractivity contribution < 1.29 is 4.79 Å². The molecule has 1 rings (SSSR count). The van der Waals surface area contributed by atoms with Crippen LogP contribution in [0.5, 0.6) is 0 Å². The van der Waals surface area contributed by atoms with Crippen molar-refractivity contribution in [2.24, 2.45) is 0 Å². The van der Waals surface area contributed by atoms with Crippen molar-refractivity contribution >= 4 is 17.7 Å². The zero-order valence-electron chi connectivity index (χ0n) is 10.3. The van der Waals surface area contributed by atoms with E-state index in [4.69, 9.17) is 0 Å². The van der Waals surface area contributed by atoms with E-state index in [-0.39, 0.29) is 5.91 Å². The number of carbonyl (C=O) groups is 1. The second-order valence-corrected chi connectivity index (χ2v) is 5.41. The third-order valence-corrected chi connectivity index (χ3v) is 3.38. The first kappa shape index (κ1) is 13.8. The highest BCUT2D eigenvalue weighted by molar-refractivity contribution is 7.98. The van der Waals surface area contributed by atoms with Gasteiger partial charge in [0, 0.05) is 6.04 Å². The average molecular weight is 244 g/mol. The highest BCUT2D eigenvalue weighted by Crippen LogP contribution is 2.18. The number of hydrogen-bond acceptors (Lipinski definition) is 3. The van der Waals surface area contributed by atoms with Crippen LogP contribution in [0.3, 0.4) is 0 Å². The molecule has 0 heterocycles. The lowest BCUT2D eigenvalue weighted by molar-refractivity contribution is -0.120. The fourth-order valence-electron chi connectivity index (χ4n) is 1.56. The second kappa shape index (κ2) is 8.88. The standard InChI is InChI=1S/C12H24N2OS/c1-16-9-5-3-2-4-8-13-10-12(15)14-11-6-7-11/h11,13H,2-10H2,1H3,(H,14,15). The zero-order chi connectivity index (χ0) is 11.6. The van der Waals surface area contributed by atoms with Crippen LogP contribution in [0.15, 0.2) is 0 Å². The molecule has 0 atom stereocenters. The molecule has 1 saturated carbocycles. The molecule has 16 heavy (non-hydrogen) atoms. The Kier molecular flexibility index (Phi) is 7.68. The monoisotopic (exact) mass is 244 g/mol. The van der Waals surface area contributed by atoms with Gasteiger partial charge in [-0.1, -0.05) is 12.8 Å². The van der Waals surface area contributed by atoms with Gasteiger partial charge in [-0.15, -0.1) is 0 Å². The topological polar surface area (TPSA) is 41.1 Å². The Balaban J connectivity index is 1.75. The van der Waals surface area contributed by atoms with Crippen LogP contribution in [0.25, 0.3) is 0 Å². The van der Waals surface area contributed by atoms with Gasteiger partial charge in [0.25, 0.3) is 0 Å². The molecular weight excluding hydrogens is 220 g/mol.